The number of anilines is 1. The van der Waals surface area contributed by atoms with Crippen LogP contribution in [0.15, 0.2) is 12.4 Å². The van der Waals surface area contributed by atoms with Crippen molar-refractivity contribution in [2.75, 3.05) is 11.9 Å². The third-order valence-corrected chi connectivity index (χ3v) is 4.02. The lowest BCUT2D eigenvalue weighted by Crippen LogP contribution is -2.29. The van der Waals surface area contributed by atoms with E-state index in [-0.39, 0.29) is 5.91 Å². The average molecular weight is 328 g/mol. The maximum atomic E-state index is 12.3. The van der Waals surface area contributed by atoms with Crippen molar-refractivity contribution in [2.24, 2.45) is 13.0 Å². The number of amides is 1. The highest BCUT2D eigenvalue weighted by Crippen LogP contribution is 2.21. The van der Waals surface area contributed by atoms with Gasteiger partial charge in [0.2, 0.25) is 5.91 Å². The molecule has 0 saturated carbocycles. The van der Waals surface area contributed by atoms with E-state index in [4.69, 9.17) is 0 Å². The second kappa shape index (κ2) is 6.68. The molecular formula is C17H24N6O. The van der Waals surface area contributed by atoms with Gasteiger partial charge in [-0.05, 0) is 12.8 Å². The van der Waals surface area contributed by atoms with Crippen molar-refractivity contribution in [1.29, 1.82) is 0 Å². The fourth-order valence-electron chi connectivity index (χ4n) is 2.95. The molecule has 0 fully saturated rings. The van der Waals surface area contributed by atoms with Gasteiger partial charge in [0.25, 0.3) is 0 Å². The summed E-state index contributed by atoms with van der Waals surface area (Å²) in [5, 5.41) is 7.15. The van der Waals surface area contributed by atoms with Crippen molar-refractivity contribution >= 4 is 11.6 Å². The number of carbonyl (C=O) groups excluding carboxylic acids is 1. The molecule has 128 valence electrons. The van der Waals surface area contributed by atoms with Crippen LogP contribution >= 0.6 is 0 Å². The topological polar surface area (TPSA) is 75.9 Å². The Bertz CT molecular complexity index is 752. The van der Waals surface area contributed by atoms with E-state index in [1.807, 2.05) is 26.4 Å². The van der Waals surface area contributed by atoms with Gasteiger partial charge in [0.15, 0.2) is 0 Å². The van der Waals surface area contributed by atoms with Crippen molar-refractivity contribution in [3.8, 4) is 0 Å². The van der Waals surface area contributed by atoms with E-state index >= 15 is 0 Å². The Morgan fingerprint density at radius 1 is 1.38 bits per heavy atom. The molecule has 7 heteroatoms. The van der Waals surface area contributed by atoms with Crippen LogP contribution in [0.25, 0.3) is 0 Å². The summed E-state index contributed by atoms with van der Waals surface area (Å²) in [6, 6.07) is 0. The monoisotopic (exact) mass is 328 g/mol. The first-order valence-corrected chi connectivity index (χ1v) is 8.27. The molecule has 1 aliphatic rings. The van der Waals surface area contributed by atoms with Gasteiger partial charge >= 0.3 is 0 Å². The Hall–Kier alpha value is -2.28. The van der Waals surface area contributed by atoms with Gasteiger partial charge in [-0.3, -0.25) is 14.4 Å². The van der Waals surface area contributed by atoms with Gasteiger partial charge in [0.1, 0.15) is 5.82 Å². The zero-order valence-corrected chi connectivity index (χ0v) is 14.7. The summed E-state index contributed by atoms with van der Waals surface area (Å²) in [5.74, 6) is 1.39. The molecule has 0 aromatic carbocycles. The van der Waals surface area contributed by atoms with E-state index in [1.165, 1.54) is 0 Å². The van der Waals surface area contributed by atoms with Crippen molar-refractivity contribution in [1.82, 2.24) is 24.6 Å². The SMILES string of the molecule is Cc1nn(C)cc1NC(=O)CN1Cc2cnc(CC(C)C)nc2C1. The molecule has 0 atom stereocenters. The normalized spacial score (nSPS) is 14.2. The van der Waals surface area contributed by atoms with E-state index in [1.54, 1.807) is 4.68 Å². The van der Waals surface area contributed by atoms with Gasteiger partial charge in [-0.2, -0.15) is 5.10 Å². The third-order valence-electron chi connectivity index (χ3n) is 4.02. The molecule has 1 N–H and O–H groups in total. The van der Waals surface area contributed by atoms with Gasteiger partial charge < -0.3 is 5.32 Å². The smallest absolute Gasteiger partial charge is 0.238 e. The molecule has 24 heavy (non-hydrogen) atoms. The quantitative estimate of drug-likeness (QED) is 0.903. The van der Waals surface area contributed by atoms with E-state index in [9.17, 15) is 4.79 Å². The lowest BCUT2D eigenvalue weighted by molar-refractivity contribution is -0.117. The molecule has 1 amide bonds. The molecule has 0 bridgehead atoms. The van der Waals surface area contributed by atoms with Crippen molar-refractivity contribution in [3.05, 3.63) is 35.2 Å². The van der Waals surface area contributed by atoms with Gasteiger partial charge in [0, 0.05) is 44.5 Å². The molecule has 0 spiro atoms. The molecule has 0 saturated heterocycles. The second-order valence-electron chi connectivity index (χ2n) is 6.85. The molecule has 3 rings (SSSR count). The second-order valence-corrected chi connectivity index (χ2v) is 6.85. The zero-order chi connectivity index (χ0) is 17.3. The van der Waals surface area contributed by atoms with Crippen LogP contribution in [0.2, 0.25) is 0 Å². The minimum Gasteiger partial charge on any atom is -0.322 e. The van der Waals surface area contributed by atoms with Gasteiger partial charge in [-0.25, -0.2) is 9.97 Å². The molecule has 7 nitrogen and oxygen atoms in total. The predicted octanol–water partition coefficient (Wildman–Crippen LogP) is 1.67. The Morgan fingerprint density at radius 3 is 2.83 bits per heavy atom. The third kappa shape index (κ3) is 3.79. The number of nitrogens with one attached hydrogen (secondary N) is 1. The highest BCUT2D eigenvalue weighted by atomic mass is 16.2. The van der Waals surface area contributed by atoms with E-state index in [0.29, 0.717) is 19.0 Å². The minimum absolute atomic E-state index is 0.0331. The largest absolute Gasteiger partial charge is 0.322 e. The Kier molecular flexibility index (Phi) is 4.62. The summed E-state index contributed by atoms with van der Waals surface area (Å²) in [6.07, 6.45) is 4.60. The van der Waals surface area contributed by atoms with Crippen LogP contribution in [-0.4, -0.2) is 37.1 Å². The Balaban J connectivity index is 1.59. The number of rotatable bonds is 5. The molecule has 3 heterocycles. The van der Waals surface area contributed by atoms with E-state index in [2.05, 4.69) is 39.1 Å². The first-order chi connectivity index (χ1) is 11.4. The maximum absolute atomic E-state index is 12.3. The number of aromatic nitrogens is 4. The average Bonchev–Trinajstić information content (AvgIpc) is 3.00. The molecule has 0 aliphatic carbocycles. The highest BCUT2D eigenvalue weighted by molar-refractivity contribution is 5.92. The standard InChI is InChI=1S/C17H24N6O/c1-11(2)5-16-18-6-13-7-23(9-15(13)19-16)10-17(24)20-14-8-22(4)21-12(14)3/h6,8,11H,5,7,9-10H2,1-4H3,(H,20,24). The van der Waals surface area contributed by atoms with Crippen LogP contribution in [0.1, 0.15) is 36.6 Å². The summed E-state index contributed by atoms with van der Waals surface area (Å²) in [6.45, 7) is 7.96. The molecule has 0 radical (unpaired) electrons. The van der Waals surface area contributed by atoms with Crippen LogP contribution in [0.3, 0.4) is 0 Å². The van der Waals surface area contributed by atoms with Crippen molar-refractivity contribution in [3.63, 3.8) is 0 Å². The number of aryl methyl sites for hydroxylation is 2. The number of nitrogens with zero attached hydrogens (tertiary/aromatic N) is 5. The first kappa shape index (κ1) is 16.6. The molecule has 1 aliphatic heterocycles. The van der Waals surface area contributed by atoms with Crippen LogP contribution in [0.4, 0.5) is 5.69 Å². The highest BCUT2D eigenvalue weighted by Gasteiger charge is 2.23. The van der Waals surface area contributed by atoms with Crippen molar-refractivity contribution < 1.29 is 4.79 Å². The predicted molar refractivity (Wildman–Crippen MR) is 91.3 cm³/mol. The lowest BCUT2D eigenvalue weighted by atomic mass is 10.1. The fourth-order valence-corrected chi connectivity index (χ4v) is 2.95. The van der Waals surface area contributed by atoms with E-state index < -0.39 is 0 Å². The maximum Gasteiger partial charge on any atom is 0.238 e. The number of fused-ring (bicyclic) bond motifs is 1. The zero-order valence-electron chi connectivity index (χ0n) is 14.7. The fraction of sp³-hybridized carbons (Fsp3) is 0.529. The lowest BCUT2D eigenvalue weighted by Gasteiger charge is -2.13. The number of carbonyl (C=O) groups is 1. The van der Waals surface area contributed by atoms with Crippen LogP contribution in [-0.2, 0) is 31.4 Å². The van der Waals surface area contributed by atoms with E-state index in [0.717, 1.165) is 41.4 Å². The van der Waals surface area contributed by atoms with Crippen LogP contribution in [0.5, 0.6) is 0 Å². The minimum atomic E-state index is -0.0331. The molecule has 0 unspecified atom stereocenters. The molecule has 2 aromatic rings. The van der Waals surface area contributed by atoms with Crippen LogP contribution in [0, 0.1) is 12.8 Å². The number of hydrogen-bond donors (Lipinski definition) is 1. The van der Waals surface area contributed by atoms with Crippen LogP contribution < -0.4 is 5.32 Å². The van der Waals surface area contributed by atoms with Gasteiger partial charge in [-0.15, -0.1) is 0 Å². The summed E-state index contributed by atoms with van der Waals surface area (Å²) < 4.78 is 1.70. The summed E-state index contributed by atoms with van der Waals surface area (Å²) >= 11 is 0. The van der Waals surface area contributed by atoms with Gasteiger partial charge in [-0.1, -0.05) is 13.8 Å². The summed E-state index contributed by atoms with van der Waals surface area (Å²) in [7, 11) is 1.84. The Labute approximate surface area is 142 Å². The Morgan fingerprint density at radius 2 is 2.17 bits per heavy atom. The summed E-state index contributed by atoms with van der Waals surface area (Å²) in [4.78, 5) is 23.4. The van der Waals surface area contributed by atoms with Gasteiger partial charge in [0.05, 0.1) is 23.6 Å². The summed E-state index contributed by atoms with van der Waals surface area (Å²) in [5.41, 5.74) is 3.75. The van der Waals surface area contributed by atoms with Crippen molar-refractivity contribution in [2.45, 2.75) is 40.3 Å². The number of hydrogen-bond acceptors (Lipinski definition) is 5. The molecular weight excluding hydrogens is 304 g/mol. The first-order valence-electron chi connectivity index (χ1n) is 8.27. The molecule has 2 aromatic heterocycles.